The van der Waals surface area contributed by atoms with Crippen LogP contribution in [0.25, 0.3) is 11.4 Å². The van der Waals surface area contributed by atoms with E-state index in [0.29, 0.717) is 34.2 Å². The lowest BCUT2D eigenvalue weighted by atomic mass is 10.1. The average molecular weight is 427 g/mol. The third-order valence-electron chi connectivity index (χ3n) is 4.37. The number of hydrogen-bond acceptors (Lipinski definition) is 5. The van der Waals surface area contributed by atoms with Crippen molar-refractivity contribution in [1.29, 1.82) is 0 Å². The number of carbonyl (C=O) groups is 2. The van der Waals surface area contributed by atoms with E-state index < -0.39 is 0 Å². The minimum absolute atomic E-state index is 0.0485. The molecule has 1 aromatic heterocycles. The van der Waals surface area contributed by atoms with Crippen molar-refractivity contribution in [2.75, 3.05) is 11.1 Å². The molecule has 0 unspecified atom stereocenters. The molecule has 0 saturated heterocycles. The fourth-order valence-electron chi connectivity index (χ4n) is 2.85. The van der Waals surface area contributed by atoms with Gasteiger partial charge in [0.05, 0.1) is 11.3 Å². The van der Waals surface area contributed by atoms with Crippen LogP contribution in [0.3, 0.4) is 0 Å². The Bertz CT molecular complexity index is 1050. The van der Waals surface area contributed by atoms with Crippen molar-refractivity contribution in [3.05, 3.63) is 59.9 Å². The Morgan fingerprint density at radius 2 is 1.80 bits per heavy atom. The highest BCUT2D eigenvalue weighted by Gasteiger charge is 2.16. The lowest BCUT2D eigenvalue weighted by Gasteiger charge is -2.08. The van der Waals surface area contributed by atoms with E-state index in [0.717, 1.165) is 0 Å². The zero-order chi connectivity index (χ0) is 21.7. The van der Waals surface area contributed by atoms with Crippen LogP contribution in [0.2, 0.25) is 0 Å². The molecular formula is C22H23FN4O2S. The van der Waals surface area contributed by atoms with Crippen molar-refractivity contribution < 1.29 is 14.0 Å². The number of hydrogen-bond donors (Lipinski definition) is 1. The standard InChI is InChI=1S/C22H23FN4O2S/c1-14(2)12-20(29)24-16-10-8-15(9-11-16)19(28)13-30-22-26-25-21(27(22)3)17-6-4-5-7-18(17)23/h4-11,14H,12-13H2,1-3H3,(H,24,29). The number of benzene rings is 2. The Kier molecular flexibility index (Phi) is 6.99. The molecular weight excluding hydrogens is 403 g/mol. The van der Waals surface area contributed by atoms with Gasteiger partial charge in [-0.2, -0.15) is 0 Å². The van der Waals surface area contributed by atoms with Crippen molar-refractivity contribution in [2.45, 2.75) is 25.4 Å². The molecule has 8 heteroatoms. The molecule has 1 N–H and O–H groups in total. The number of Topliss-reactive ketones (excluding diaryl/α,β-unsaturated/α-hetero) is 1. The van der Waals surface area contributed by atoms with E-state index in [2.05, 4.69) is 15.5 Å². The Labute approximate surface area is 178 Å². The summed E-state index contributed by atoms with van der Waals surface area (Å²) >= 11 is 1.24. The molecule has 3 aromatic rings. The average Bonchev–Trinajstić information content (AvgIpc) is 3.06. The maximum absolute atomic E-state index is 14.0. The molecule has 3 rings (SSSR count). The number of nitrogens with zero attached hydrogens (tertiary/aromatic N) is 3. The first kappa shape index (κ1) is 21.7. The predicted molar refractivity (Wildman–Crippen MR) is 116 cm³/mol. The van der Waals surface area contributed by atoms with Gasteiger partial charge in [-0.15, -0.1) is 10.2 Å². The maximum Gasteiger partial charge on any atom is 0.224 e. The monoisotopic (exact) mass is 426 g/mol. The van der Waals surface area contributed by atoms with Crippen LogP contribution >= 0.6 is 11.8 Å². The van der Waals surface area contributed by atoms with Crippen molar-refractivity contribution in [2.24, 2.45) is 13.0 Å². The predicted octanol–water partition coefficient (Wildman–Crippen LogP) is 4.58. The van der Waals surface area contributed by atoms with Gasteiger partial charge in [0, 0.05) is 24.7 Å². The SMILES string of the molecule is CC(C)CC(=O)Nc1ccc(C(=O)CSc2nnc(-c3ccccc3F)n2C)cc1. The summed E-state index contributed by atoms with van der Waals surface area (Å²) in [6.45, 7) is 3.96. The number of rotatable bonds is 8. The summed E-state index contributed by atoms with van der Waals surface area (Å²) in [7, 11) is 1.74. The lowest BCUT2D eigenvalue weighted by Crippen LogP contribution is -2.14. The highest BCUT2D eigenvalue weighted by molar-refractivity contribution is 7.99. The van der Waals surface area contributed by atoms with E-state index in [4.69, 9.17) is 0 Å². The second kappa shape index (κ2) is 9.67. The summed E-state index contributed by atoms with van der Waals surface area (Å²) in [5.41, 5.74) is 1.56. The normalized spacial score (nSPS) is 11.0. The third kappa shape index (κ3) is 5.33. The van der Waals surface area contributed by atoms with Crippen LogP contribution in [0, 0.1) is 11.7 Å². The second-order valence-electron chi connectivity index (χ2n) is 7.28. The highest BCUT2D eigenvalue weighted by atomic mass is 32.2. The van der Waals surface area contributed by atoms with E-state index in [1.165, 1.54) is 17.8 Å². The summed E-state index contributed by atoms with van der Waals surface area (Å²) in [4.78, 5) is 24.4. The van der Waals surface area contributed by atoms with Crippen LogP contribution in [0.15, 0.2) is 53.7 Å². The molecule has 156 valence electrons. The van der Waals surface area contributed by atoms with Crippen molar-refractivity contribution in [3.63, 3.8) is 0 Å². The Hall–Kier alpha value is -3.00. The first-order valence-electron chi connectivity index (χ1n) is 9.55. The number of nitrogens with one attached hydrogen (secondary N) is 1. The topological polar surface area (TPSA) is 76.9 Å². The molecule has 0 fully saturated rings. The van der Waals surface area contributed by atoms with Gasteiger partial charge in [-0.05, 0) is 42.3 Å². The molecule has 0 aliphatic heterocycles. The molecule has 1 heterocycles. The molecule has 1 amide bonds. The molecule has 0 aliphatic carbocycles. The number of amides is 1. The quantitative estimate of drug-likeness (QED) is 0.421. The van der Waals surface area contributed by atoms with Gasteiger partial charge >= 0.3 is 0 Å². The minimum atomic E-state index is -0.374. The Morgan fingerprint density at radius 3 is 2.47 bits per heavy atom. The number of aromatic nitrogens is 3. The van der Waals surface area contributed by atoms with Crippen LogP contribution in [0.5, 0.6) is 0 Å². The van der Waals surface area contributed by atoms with Crippen LogP contribution in [0.4, 0.5) is 10.1 Å². The second-order valence-corrected chi connectivity index (χ2v) is 8.22. The van der Waals surface area contributed by atoms with Crippen molar-refractivity contribution in [1.82, 2.24) is 14.8 Å². The number of carbonyl (C=O) groups excluding carboxylic acids is 2. The van der Waals surface area contributed by atoms with Gasteiger partial charge in [0.25, 0.3) is 0 Å². The van der Waals surface area contributed by atoms with E-state index in [-0.39, 0.29) is 29.2 Å². The lowest BCUT2D eigenvalue weighted by molar-refractivity contribution is -0.116. The number of thioether (sulfide) groups is 1. The van der Waals surface area contributed by atoms with Crippen molar-refractivity contribution >= 4 is 29.1 Å². The highest BCUT2D eigenvalue weighted by Crippen LogP contribution is 2.25. The molecule has 0 atom stereocenters. The third-order valence-corrected chi connectivity index (χ3v) is 5.39. The number of anilines is 1. The smallest absolute Gasteiger partial charge is 0.224 e. The fraction of sp³-hybridized carbons (Fsp3) is 0.273. The van der Waals surface area contributed by atoms with Gasteiger partial charge < -0.3 is 9.88 Å². The van der Waals surface area contributed by atoms with E-state index in [1.54, 1.807) is 54.1 Å². The van der Waals surface area contributed by atoms with E-state index in [9.17, 15) is 14.0 Å². The largest absolute Gasteiger partial charge is 0.326 e. The van der Waals surface area contributed by atoms with Crippen LogP contribution in [0.1, 0.15) is 30.6 Å². The number of ketones is 1. The molecule has 0 saturated carbocycles. The zero-order valence-corrected chi connectivity index (χ0v) is 17.9. The van der Waals surface area contributed by atoms with E-state index >= 15 is 0 Å². The van der Waals surface area contributed by atoms with E-state index in [1.807, 2.05) is 13.8 Å². The first-order valence-corrected chi connectivity index (χ1v) is 10.5. The van der Waals surface area contributed by atoms with Gasteiger partial charge in [0.2, 0.25) is 5.91 Å². The summed E-state index contributed by atoms with van der Waals surface area (Å²) in [6.07, 6.45) is 0.448. The summed E-state index contributed by atoms with van der Waals surface area (Å²) in [6, 6.07) is 13.2. The zero-order valence-electron chi connectivity index (χ0n) is 17.1. The van der Waals surface area contributed by atoms with Gasteiger partial charge in [0.15, 0.2) is 16.8 Å². The van der Waals surface area contributed by atoms with Crippen LogP contribution in [-0.2, 0) is 11.8 Å². The summed E-state index contributed by atoms with van der Waals surface area (Å²) < 4.78 is 15.7. The summed E-state index contributed by atoms with van der Waals surface area (Å²) in [5, 5.41) is 11.5. The molecule has 30 heavy (non-hydrogen) atoms. The minimum Gasteiger partial charge on any atom is -0.326 e. The molecule has 6 nitrogen and oxygen atoms in total. The van der Waals surface area contributed by atoms with Gasteiger partial charge in [-0.25, -0.2) is 4.39 Å². The fourth-order valence-corrected chi connectivity index (χ4v) is 3.66. The number of halogens is 1. The maximum atomic E-state index is 14.0. The summed E-state index contributed by atoms with van der Waals surface area (Å²) in [5.74, 6) is 0.360. The first-order chi connectivity index (χ1) is 14.3. The molecule has 0 aliphatic rings. The molecule has 2 aromatic carbocycles. The van der Waals surface area contributed by atoms with Crippen molar-refractivity contribution in [3.8, 4) is 11.4 Å². The molecule has 0 spiro atoms. The van der Waals surface area contributed by atoms with Gasteiger partial charge in [-0.1, -0.05) is 37.7 Å². The van der Waals surface area contributed by atoms with Crippen LogP contribution < -0.4 is 5.32 Å². The molecule has 0 bridgehead atoms. The van der Waals surface area contributed by atoms with Gasteiger partial charge in [-0.3, -0.25) is 9.59 Å². The Morgan fingerprint density at radius 1 is 1.10 bits per heavy atom. The Balaban J connectivity index is 1.61. The van der Waals surface area contributed by atoms with Gasteiger partial charge in [0.1, 0.15) is 5.82 Å². The molecule has 0 radical (unpaired) electrons. The van der Waals surface area contributed by atoms with Crippen LogP contribution in [-0.4, -0.2) is 32.2 Å².